The highest BCUT2D eigenvalue weighted by Gasteiger charge is 1.89. The van der Waals surface area contributed by atoms with Crippen molar-refractivity contribution in [1.82, 2.24) is 5.32 Å². The summed E-state index contributed by atoms with van der Waals surface area (Å²) in [5.41, 5.74) is 0. The number of hydrogen-bond donors (Lipinski definition) is 1. The van der Waals surface area contributed by atoms with Gasteiger partial charge in [-0.05, 0) is 18.9 Å². The summed E-state index contributed by atoms with van der Waals surface area (Å²) in [7, 11) is 0. The predicted molar refractivity (Wildman–Crippen MR) is 37.4 cm³/mol. The number of rotatable bonds is 4. The van der Waals surface area contributed by atoms with Crippen molar-refractivity contribution in [1.29, 1.82) is 0 Å². The second-order valence-electron chi connectivity index (χ2n) is 2.41. The molecule has 1 radical (unpaired) electrons. The van der Waals surface area contributed by atoms with Gasteiger partial charge in [-0.15, -0.1) is 0 Å². The first-order chi connectivity index (χ1) is 3.77. The molecule has 0 aromatic heterocycles. The lowest BCUT2D eigenvalue weighted by atomic mass is 10.2. The van der Waals surface area contributed by atoms with E-state index in [0.29, 0.717) is 0 Å². The van der Waals surface area contributed by atoms with Crippen LogP contribution in [0.25, 0.3) is 0 Å². The lowest BCUT2D eigenvalue weighted by molar-refractivity contribution is 0.585. The van der Waals surface area contributed by atoms with E-state index < -0.39 is 0 Å². The topological polar surface area (TPSA) is 12.0 Å². The molecule has 0 unspecified atom stereocenters. The summed E-state index contributed by atoms with van der Waals surface area (Å²) in [6.07, 6.45) is 1.12. The van der Waals surface area contributed by atoms with E-state index in [1.807, 2.05) is 0 Å². The third kappa shape index (κ3) is 5.96. The van der Waals surface area contributed by atoms with Gasteiger partial charge >= 0.3 is 0 Å². The third-order valence-electron chi connectivity index (χ3n) is 0.875. The zero-order chi connectivity index (χ0) is 6.41. The van der Waals surface area contributed by atoms with Gasteiger partial charge in [-0.1, -0.05) is 20.8 Å². The van der Waals surface area contributed by atoms with E-state index in [9.17, 15) is 0 Å². The molecule has 0 aliphatic carbocycles. The normalized spacial score (nSPS) is 10.5. The van der Waals surface area contributed by atoms with Crippen molar-refractivity contribution in [3.63, 3.8) is 0 Å². The summed E-state index contributed by atoms with van der Waals surface area (Å²) in [6.45, 7) is 9.74. The molecule has 49 valence electrons. The molecule has 0 aromatic rings. The molecule has 0 saturated carbocycles. The molecular formula is C7H16N. The standard InChI is InChI=1S/C7H16N/c1-4-5-8-6-7(2)3/h5,7-8H,4,6H2,1-3H3. The Morgan fingerprint density at radius 1 is 1.50 bits per heavy atom. The Hall–Kier alpha value is -0.0400. The smallest absolute Gasteiger partial charge is 0.0218 e. The van der Waals surface area contributed by atoms with Crippen molar-refractivity contribution in [3.8, 4) is 0 Å². The van der Waals surface area contributed by atoms with Crippen molar-refractivity contribution in [2.75, 3.05) is 6.54 Å². The number of hydrogen-bond acceptors (Lipinski definition) is 1. The van der Waals surface area contributed by atoms with Gasteiger partial charge in [-0.2, -0.15) is 0 Å². The lowest BCUT2D eigenvalue weighted by Crippen LogP contribution is -2.15. The van der Waals surface area contributed by atoms with E-state index in [2.05, 4.69) is 32.6 Å². The molecule has 1 heteroatoms. The van der Waals surface area contributed by atoms with Crippen LogP contribution in [0.5, 0.6) is 0 Å². The van der Waals surface area contributed by atoms with Crippen molar-refractivity contribution in [3.05, 3.63) is 6.54 Å². The van der Waals surface area contributed by atoms with Gasteiger partial charge in [0.05, 0.1) is 0 Å². The van der Waals surface area contributed by atoms with Crippen LogP contribution in [-0.4, -0.2) is 6.54 Å². The highest BCUT2D eigenvalue weighted by Crippen LogP contribution is 1.87. The molecular weight excluding hydrogens is 98.1 g/mol. The van der Waals surface area contributed by atoms with Crippen molar-refractivity contribution < 1.29 is 0 Å². The fraction of sp³-hybridized carbons (Fsp3) is 0.857. The molecule has 0 heterocycles. The molecule has 0 aliphatic rings. The van der Waals surface area contributed by atoms with Crippen molar-refractivity contribution in [2.24, 2.45) is 5.92 Å². The number of nitrogens with one attached hydrogen (secondary N) is 1. The summed E-state index contributed by atoms with van der Waals surface area (Å²) < 4.78 is 0. The van der Waals surface area contributed by atoms with Crippen LogP contribution >= 0.6 is 0 Å². The third-order valence-corrected chi connectivity index (χ3v) is 0.875. The molecule has 0 fully saturated rings. The Morgan fingerprint density at radius 2 is 2.12 bits per heavy atom. The van der Waals surface area contributed by atoms with Gasteiger partial charge in [-0.25, -0.2) is 0 Å². The van der Waals surface area contributed by atoms with Gasteiger partial charge in [0.25, 0.3) is 0 Å². The average Bonchev–Trinajstić information content (AvgIpc) is 1.66. The van der Waals surface area contributed by atoms with Gasteiger partial charge in [-0.3, -0.25) is 0 Å². The zero-order valence-electron chi connectivity index (χ0n) is 6.07. The Balaban J connectivity index is 2.72. The summed E-state index contributed by atoms with van der Waals surface area (Å²) in [4.78, 5) is 0. The summed E-state index contributed by atoms with van der Waals surface area (Å²) >= 11 is 0. The van der Waals surface area contributed by atoms with E-state index in [1.54, 1.807) is 0 Å². The average molecular weight is 114 g/mol. The van der Waals surface area contributed by atoms with Gasteiger partial charge in [0, 0.05) is 6.54 Å². The quantitative estimate of drug-likeness (QED) is 0.549. The maximum absolute atomic E-state index is 3.21. The maximum atomic E-state index is 3.21. The SMILES string of the molecule is CC[CH]NCC(C)C. The minimum Gasteiger partial charge on any atom is -0.312 e. The minimum absolute atomic E-state index is 0.762. The molecule has 0 atom stereocenters. The molecule has 0 saturated heterocycles. The molecule has 0 rings (SSSR count). The Morgan fingerprint density at radius 3 is 2.50 bits per heavy atom. The first-order valence-electron chi connectivity index (χ1n) is 3.32. The Kier molecular flexibility index (Phi) is 5.08. The molecule has 0 amide bonds. The second kappa shape index (κ2) is 5.10. The van der Waals surface area contributed by atoms with Crippen LogP contribution in [0, 0.1) is 12.5 Å². The molecule has 1 N–H and O–H groups in total. The zero-order valence-corrected chi connectivity index (χ0v) is 6.07. The van der Waals surface area contributed by atoms with E-state index in [4.69, 9.17) is 0 Å². The Labute approximate surface area is 52.5 Å². The van der Waals surface area contributed by atoms with Crippen molar-refractivity contribution in [2.45, 2.75) is 27.2 Å². The summed E-state index contributed by atoms with van der Waals surface area (Å²) in [6, 6.07) is 0. The molecule has 0 bridgehead atoms. The van der Waals surface area contributed by atoms with Crippen LogP contribution in [-0.2, 0) is 0 Å². The van der Waals surface area contributed by atoms with Crippen LogP contribution in [0.3, 0.4) is 0 Å². The van der Waals surface area contributed by atoms with Crippen LogP contribution < -0.4 is 5.32 Å². The fourth-order valence-electron chi connectivity index (χ4n) is 0.463. The van der Waals surface area contributed by atoms with Crippen LogP contribution in [0.15, 0.2) is 0 Å². The van der Waals surface area contributed by atoms with Crippen LogP contribution in [0.2, 0.25) is 0 Å². The predicted octanol–water partition coefficient (Wildman–Crippen LogP) is 1.80. The van der Waals surface area contributed by atoms with Crippen molar-refractivity contribution >= 4 is 0 Å². The molecule has 0 aromatic carbocycles. The van der Waals surface area contributed by atoms with Gasteiger partial charge < -0.3 is 5.32 Å². The minimum atomic E-state index is 0.762. The summed E-state index contributed by atoms with van der Waals surface area (Å²) in [5, 5.41) is 3.21. The first-order valence-corrected chi connectivity index (χ1v) is 3.32. The van der Waals surface area contributed by atoms with E-state index in [0.717, 1.165) is 18.9 Å². The molecule has 8 heavy (non-hydrogen) atoms. The van der Waals surface area contributed by atoms with Gasteiger partial charge in [0.2, 0.25) is 0 Å². The molecule has 1 nitrogen and oxygen atoms in total. The highest BCUT2D eigenvalue weighted by molar-refractivity contribution is 4.59. The largest absolute Gasteiger partial charge is 0.312 e. The monoisotopic (exact) mass is 114 g/mol. The maximum Gasteiger partial charge on any atom is 0.0218 e. The van der Waals surface area contributed by atoms with Gasteiger partial charge in [0.15, 0.2) is 0 Å². The fourth-order valence-corrected chi connectivity index (χ4v) is 0.463. The van der Waals surface area contributed by atoms with Crippen LogP contribution in [0.4, 0.5) is 0 Å². The van der Waals surface area contributed by atoms with Crippen LogP contribution in [0.1, 0.15) is 27.2 Å². The first kappa shape index (κ1) is 7.96. The van der Waals surface area contributed by atoms with Gasteiger partial charge in [0.1, 0.15) is 0 Å². The molecule has 0 spiro atoms. The molecule has 0 aliphatic heterocycles. The summed E-state index contributed by atoms with van der Waals surface area (Å²) in [5.74, 6) is 0.762. The Bertz CT molecular complexity index is 41.7. The van der Waals surface area contributed by atoms with E-state index in [1.165, 1.54) is 0 Å². The van der Waals surface area contributed by atoms with E-state index in [-0.39, 0.29) is 0 Å². The highest BCUT2D eigenvalue weighted by atomic mass is 14.8. The second-order valence-corrected chi connectivity index (χ2v) is 2.41. The lowest BCUT2D eigenvalue weighted by Gasteiger charge is -2.03. The van der Waals surface area contributed by atoms with E-state index >= 15 is 0 Å².